The molecule has 0 aliphatic heterocycles. The zero-order chi connectivity index (χ0) is 23.4. The van der Waals surface area contributed by atoms with Crippen LogP contribution in [0.1, 0.15) is 21.6 Å². The maximum atomic E-state index is 12.5. The second-order valence-corrected chi connectivity index (χ2v) is 7.48. The Hall–Kier alpha value is -4.33. The normalized spacial score (nSPS) is 10.8. The van der Waals surface area contributed by atoms with Crippen molar-refractivity contribution in [3.63, 3.8) is 0 Å². The summed E-state index contributed by atoms with van der Waals surface area (Å²) >= 11 is 0. The van der Waals surface area contributed by atoms with E-state index >= 15 is 0 Å². The summed E-state index contributed by atoms with van der Waals surface area (Å²) in [6, 6.07) is 17.5. The predicted octanol–water partition coefficient (Wildman–Crippen LogP) is 2.98. The summed E-state index contributed by atoms with van der Waals surface area (Å²) in [5.74, 6) is -0.351. The van der Waals surface area contributed by atoms with Gasteiger partial charge in [0.15, 0.2) is 5.75 Å². The van der Waals surface area contributed by atoms with Crippen LogP contribution in [0.2, 0.25) is 0 Å². The van der Waals surface area contributed by atoms with Crippen molar-refractivity contribution in [2.75, 3.05) is 6.54 Å². The van der Waals surface area contributed by atoms with Gasteiger partial charge in [-0.15, -0.1) is 0 Å². The lowest BCUT2D eigenvalue weighted by atomic mass is 10.1. The molecule has 0 aliphatic rings. The molecule has 2 aromatic carbocycles. The fourth-order valence-electron chi connectivity index (χ4n) is 3.37. The minimum absolute atomic E-state index is 0.111. The van der Waals surface area contributed by atoms with E-state index in [1.807, 2.05) is 30.3 Å². The van der Waals surface area contributed by atoms with Gasteiger partial charge < -0.3 is 24.1 Å². The number of pyridine rings is 1. The number of amides is 1. The molecule has 168 valence electrons. The lowest BCUT2D eigenvalue weighted by Gasteiger charge is -2.12. The first kappa shape index (κ1) is 21.9. The minimum atomic E-state index is -0.752. The van der Waals surface area contributed by atoms with Crippen molar-refractivity contribution in [1.82, 2.24) is 9.88 Å². The van der Waals surface area contributed by atoms with Gasteiger partial charge in [0.1, 0.15) is 23.5 Å². The van der Waals surface area contributed by atoms with Crippen molar-refractivity contribution in [3.8, 4) is 11.5 Å². The first-order valence-electron chi connectivity index (χ1n) is 10.3. The summed E-state index contributed by atoms with van der Waals surface area (Å²) in [6.45, 7) is 2.48. The number of fused-ring (bicyclic) bond motifs is 1. The maximum absolute atomic E-state index is 12.5. The van der Waals surface area contributed by atoms with Crippen LogP contribution in [-0.2, 0) is 13.2 Å². The molecule has 8 nitrogen and oxygen atoms in total. The maximum Gasteiger partial charge on any atom is 0.349 e. The van der Waals surface area contributed by atoms with E-state index in [4.69, 9.17) is 9.15 Å². The average Bonchev–Trinajstić information content (AvgIpc) is 2.82. The summed E-state index contributed by atoms with van der Waals surface area (Å²) in [4.78, 5) is 36.4. The Balaban J connectivity index is 1.43. The Morgan fingerprint density at radius 2 is 1.88 bits per heavy atom. The first-order valence-corrected chi connectivity index (χ1v) is 10.3. The molecule has 0 unspecified atom stereocenters. The van der Waals surface area contributed by atoms with E-state index in [1.54, 1.807) is 29.7 Å². The number of aromatic nitrogens is 1. The highest BCUT2D eigenvalue weighted by Gasteiger charge is 2.14. The largest absolute Gasteiger partial charge is 0.503 e. The van der Waals surface area contributed by atoms with Gasteiger partial charge in [-0.1, -0.05) is 30.3 Å². The zero-order valence-corrected chi connectivity index (χ0v) is 17.9. The van der Waals surface area contributed by atoms with E-state index < -0.39 is 17.0 Å². The Morgan fingerprint density at radius 3 is 2.67 bits per heavy atom. The molecule has 0 atom stereocenters. The van der Waals surface area contributed by atoms with Gasteiger partial charge in [-0.3, -0.25) is 9.59 Å². The number of benzene rings is 2. The van der Waals surface area contributed by atoms with Crippen LogP contribution in [0.15, 0.2) is 80.9 Å². The number of carbonyl (C=O) groups excluding carboxylic acids is 1. The second-order valence-electron chi connectivity index (χ2n) is 7.48. The van der Waals surface area contributed by atoms with Crippen molar-refractivity contribution in [2.45, 2.75) is 20.1 Å². The molecular formula is C25H22N2O6. The number of aromatic hydroxyl groups is 1. The third-order valence-electron chi connectivity index (χ3n) is 5.25. The molecule has 0 spiro atoms. The predicted molar refractivity (Wildman–Crippen MR) is 123 cm³/mol. The van der Waals surface area contributed by atoms with E-state index in [0.29, 0.717) is 35.6 Å². The number of nitrogens with zero attached hydrogens (tertiary/aromatic N) is 1. The van der Waals surface area contributed by atoms with E-state index in [-0.39, 0.29) is 17.9 Å². The second kappa shape index (κ2) is 9.44. The Bertz CT molecular complexity index is 1420. The Labute approximate surface area is 188 Å². The third-order valence-corrected chi connectivity index (χ3v) is 5.25. The van der Waals surface area contributed by atoms with Crippen LogP contribution in [0, 0.1) is 6.92 Å². The molecule has 0 bridgehead atoms. The highest BCUT2D eigenvalue weighted by Crippen LogP contribution is 2.21. The minimum Gasteiger partial charge on any atom is -0.503 e. The van der Waals surface area contributed by atoms with Crippen molar-refractivity contribution >= 4 is 16.9 Å². The zero-order valence-electron chi connectivity index (χ0n) is 17.9. The molecule has 4 rings (SSSR count). The van der Waals surface area contributed by atoms with Gasteiger partial charge in [-0.2, -0.15) is 0 Å². The molecule has 2 heterocycles. The van der Waals surface area contributed by atoms with Gasteiger partial charge in [-0.05, 0) is 30.7 Å². The van der Waals surface area contributed by atoms with Crippen LogP contribution in [0.25, 0.3) is 11.0 Å². The topological polar surface area (TPSA) is 111 Å². The molecular weight excluding hydrogens is 424 g/mol. The van der Waals surface area contributed by atoms with Crippen molar-refractivity contribution in [1.29, 1.82) is 0 Å². The van der Waals surface area contributed by atoms with Crippen LogP contribution in [-0.4, -0.2) is 22.1 Å². The van der Waals surface area contributed by atoms with Crippen LogP contribution >= 0.6 is 0 Å². The fraction of sp³-hybridized carbons (Fsp3) is 0.160. The van der Waals surface area contributed by atoms with E-state index in [9.17, 15) is 19.5 Å². The lowest BCUT2D eigenvalue weighted by molar-refractivity contribution is 0.0948. The Morgan fingerprint density at radius 1 is 1.09 bits per heavy atom. The summed E-state index contributed by atoms with van der Waals surface area (Å²) in [6.07, 6.45) is 1.53. The molecule has 0 fully saturated rings. The van der Waals surface area contributed by atoms with Gasteiger partial charge in [0, 0.05) is 36.8 Å². The summed E-state index contributed by atoms with van der Waals surface area (Å²) < 4.78 is 12.7. The van der Waals surface area contributed by atoms with Gasteiger partial charge in [0.05, 0.1) is 5.69 Å². The summed E-state index contributed by atoms with van der Waals surface area (Å²) in [7, 11) is 0. The fourth-order valence-corrected chi connectivity index (χ4v) is 3.37. The third kappa shape index (κ3) is 4.95. The highest BCUT2D eigenvalue weighted by atomic mass is 16.5. The van der Waals surface area contributed by atoms with Crippen LogP contribution in [0.3, 0.4) is 0 Å². The smallest absolute Gasteiger partial charge is 0.349 e. The summed E-state index contributed by atoms with van der Waals surface area (Å²) in [5.41, 5.74) is 0.403. The summed E-state index contributed by atoms with van der Waals surface area (Å²) in [5, 5.41) is 13.0. The average molecular weight is 446 g/mol. The molecule has 33 heavy (non-hydrogen) atoms. The quantitative estimate of drug-likeness (QED) is 0.422. The Kier molecular flexibility index (Phi) is 6.26. The van der Waals surface area contributed by atoms with Crippen LogP contribution in [0.5, 0.6) is 11.5 Å². The first-order chi connectivity index (χ1) is 15.9. The SMILES string of the molecule is Cc1c(O)c(=O)ccn1CCNC(=O)c1cc2ccc(OCc3ccccc3)cc2oc1=O. The van der Waals surface area contributed by atoms with Crippen LogP contribution in [0.4, 0.5) is 0 Å². The van der Waals surface area contributed by atoms with Gasteiger partial charge in [0.2, 0.25) is 5.43 Å². The standard InChI is InChI=1S/C25H22N2O6/c1-16-23(29)21(28)9-11-27(16)12-10-26-24(30)20-13-18-7-8-19(14-22(18)33-25(20)31)32-15-17-5-3-2-4-6-17/h2-9,11,13-14,29H,10,12,15H2,1H3,(H,26,30). The van der Waals surface area contributed by atoms with Crippen LogP contribution < -0.4 is 21.1 Å². The number of rotatable bonds is 7. The van der Waals surface area contributed by atoms with Gasteiger partial charge >= 0.3 is 5.63 Å². The number of carbonyl (C=O) groups is 1. The molecule has 0 saturated carbocycles. The molecule has 0 radical (unpaired) electrons. The van der Waals surface area contributed by atoms with E-state index in [2.05, 4.69) is 5.32 Å². The molecule has 8 heteroatoms. The number of hydrogen-bond acceptors (Lipinski definition) is 6. The molecule has 4 aromatic rings. The van der Waals surface area contributed by atoms with Crippen molar-refractivity contribution in [3.05, 3.63) is 104 Å². The van der Waals surface area contributed by atoms with Gasteiger partial charge in [-0.25, -0.2) is 4.79 Å². The number of ether oxygens (including phenoxy) is 1. The molecule has 2 aromatic heterocycles. The molecule has 2 N–H and O–H groups in total. The molecule has 0 aliphatic carbocycles. The monoisotopic (exact) mass is 446 g/mol. The molecule has 0 saturated heterocycles. The van der Waals surface area contributed by atoms with Crippen molar-refractivity contribution in [2.24, 2.45) is 0 Å². The number of nitrogens with one attached hydrogen (secondary N) is 1. The van der Waals surface area contributed by atoms with Gasteiger partial charge in [0.25, 0.3) is 5.91 Å². The number of hydrogen-bond donors (Lipinski definition) is 2. The lowest BCUT2D eigenvalue weighted by Crippen LogP contribution is -2.31. The van der Waals surface area contributed by atoms with E-state index in [0.717, 1.165) is 5.56 Å². The van der Waals surface area contributed by atoms with Crippen molar-refractivity contribution < 1.29 is 19.1 Å². The molecule has 1 amide bonds. The highest BCUT2D eigenvalue weighted by molar-refractivity contribution is 5.96. The van der Waals surface area contributed by atoms with E-state index in [1.165, 1.54) is 18.3 Å².